The van der Waals surface area contributed by atoms with Gasteiger partial charge in [-0.15, -0.1) is 0 Å². The average Bonchev–Trinajstić information content (AvgIpc) is 2.66. The third kappa shape index (κ3) is 2.26. The molecule has 0 atom stereocenters. The molecule has 1 N–H and O–H groups in total. The van der Waals surface area contributed by atoms with Crippen molar-refractivity contribution >= 4 is 33.8 Å². The largest absolute Gasteiger partial charge is 0.344 e. The maximum absolute atomic E-state index is 9.03. The zero-order chi connectivity index (χ0) is 12.4. The lowest BCUT2D eigenvalue weighted by molar-refractivity contribution is 1.31. The summed E-state index contributed by atoms with van der Waals surface area (Å²) in [5.74, 6) is 0. The molecule has 0 aliphatic heterocycles. The van der Waals surface area contributed by atoms with Gasteiger partial charge < -0.3 is 5.32 Å². The number of hydrogen-bond acceptors (Lipinski definition) is 4. The predicted octanol–water partition coefficient (Wildman–Crippen LogP) is 4.03. The highest BCUT2D eigenvalue weighted by molar-refractivity contribution is 7.10. The van der Waals surface area contributed by atoms with Gasteiger partial charge in [0.15, 0.2) is 0 Å². The summed E-state index contributed by atoms with van der Waals surface area (Å²) < 4.78 is 4.15. The van der Waals surface area contributed by atoms with Gasteiger partial charge in [-0.05, 0) is 37.0 Å². The first kappa shape index (κ1) is 11.9. The van der Waals surface area contributed by atoms with Crippen molar-refractivity contribution in [1.29, 1.82) is 5.26 Å². The molecule has 17 heavy (non-hydrogen) atoms. The molecule has 0 fully saturated rings. The Morgan fingerprint density at radius 2 is 2.18 bits per heavy atom. The number of nitrogens with zero attached hydrogens (tertiary/aromatic N) is 2. The molecule has 86 valence electrons. The van der Waals surface area contributed by atoms with Crippen molar-refractivity contribution in [3.63, 3.8) is 0 Å². The predicted molar refractivity (Wildman–Crippen MR) is 71.0 cm³/mol. The molecule has 0 saturated heterocycles. The van der Waals surface area contributed by atoms with Crippen molar-refractivity contribution in [2.45, 2.75) is 13.8 Å². The Morgan fingerprint density at radius 3 is 2.88 bits per heavy atom. The number of halogens is 1. The second-order valence-corrected chi connectivity index (χ2v) is 4.80. The standard InChI is InChI=1S/C12H10ClN3S/c1-7-4-3-5-10(11(7)13)15-12-9(6-14)8(2)16-17-12/h3-5,15H,1-2H3. The van der Waals surface area contributed by atoms with Crippen molar-refractivity contribution in [1.82, 2.24) is 4.37 Å². The second kappa shape index (κ2) is 4.74. The summed E-state index contributed by atoms with van der Waals surface area (Å²) in [6.45, 7) is 3.76. The Bertz CT molecular complexity index is 598. The Balaban J connectivity index is 2.39. The molecular formula is C12H10ClN3S. The first-order chi connectivity index (χ1) is 8.13. The lowest BCUT2D eigenvalue weighted by Crippen LogP contribution is -1.92. The molecule has 0 radical (unpaired) electrons. The van der Waals surface area contributed by atoms with Gasteiger partial charge in [-0.2, -0.15) is 9.64 Å². The fourth-order valence-electron chi connectivity index (χ4n) is 1.45. The van der Waals surface area contributed by atoms with Crippen molar-refractivity contribution < 1.29 is 0 Å². The molecule has 1 heterocycles. The van der Waals surface area contributed by atoms with E-state index in [9.17, 15) is 0 Å². The third-order valence-corrected chi connectivity index (χ3v) is 3.77. The SMILES string of the molecule is Cc1cccc(Nc2snc(C)c2C#N)c1Cl. The first-order valence-corrected chi connectivity index (χ1v) is 6.17. The van der Waals surface area contributed by atoms with Crippen molar-refractivity contribution in [2.75, 3.05) is 5.32 Å². The minimum absolute atomic E-state index is 0.576. The van der Waals surface area contributed by atoms with Crippen molar-refractivity contribution in [2.24, 2.45) is 0 Å². The number of hydrogen-bond donors (Lipinski definition) is 1. The Hall–Kier alpha value is -1.57. The van der Waals surface area contributed by atoms with E-state index in [0.717, 1.165) is 21.9 Å². The Labute approximate surface area is 109 Å². The fourth-order valence-corrected chi connectivity index (χ4v) is 2.39. The van der Waals surface area contributed by atoms with Crippen LogP contribution in [0, 0.1) is 25.2 Å². The summed E-state index contributed by atoms with van der Waals surface area (Å²) in [6.07, 6.45) is 0. The molecular weight excluding hydrogens is 254 g/mol. The number of nitriles is 1. The highest BCUT2D eigenvalue weighted by atomic mass is 35.5. The smallest absolute Gasteiger partial charge is 0.132 e. The van der Waals surface area contributed by atoms with Crippen LogP contribution in [-0.2, 0) is 0 Å². The number of aromatic nitrogens is 1. The molecule has 1 aromatic heterocycles. The fraction of sp³-hybridized carbons (Fsp3) is 0.167. The van der Waals surface area contributed by atoms with Crippen LogP contribution in [0.4, 0.5) is 10.7 Å². The third-order valence-electron chi connectivity index (χ3n) is 2.41. The lowest BCUT2D eigenvalue weighted by atomic mass is 10.2. The molecule has 0 saturated carbocycles. The quantitative estimate of drug-likeness (QED) is 0.890. The van der Waals surface area contributed by atoms with E-state index in [-0.39, 0.29) is 0 Å². The molecule has 0 amide bonds. The van der Waals surface area contributed by atoms with E-state index in [4.69, 9.17) is 16.9 Å². The van der Waals surface area contributed by atoms with Crippen LogP contribution in [0.15, 0.2) is 18.2 Å². The summed E-state index contributed by atoms with van der Waals surface area (Å²) in [4.78, 5) is 0. The van der Waals surface area contributed by atoms with E-state index >= 15 is 0 Å². The lowest BCUT2D eigenvalue weighted by Gasteiger charge is -2.07. The van der Waals surface area contributed by atoms with Gasteiger partial charge in [-0.1, -0.05) is 23.7 Å². The molecule has 3 nitrogen and oxygen atoms in total. The highest BCUT2D eigenvalue weighted by Gasteiger charge is 2.11. The van der Waals surface area contributed by atoms with Gasteiger partial charge in [0.05, 0.1) is 16.4 Å². The number of rotatable bonds is 2. The van der Waals surface area contributed by atoms with Gasteiger partial charge in [-0.25, -0.2) is 0 Å². The number of nitrogens with one attached hydrogen (secondary N) is 1. The minimum Gasteiger partial charge on any atom is -0.344 e. The van der Waals surface area contributed by atoms with Gasteiger partial charge in [0.1, 0.15) is 16.6 Å². The Morgan fingerprint density at radius 1 is 1.41 bits per heavy atom. The van der Waals surface area contributed by atoms with Gasteiger partial charge in [0, 0.05) is 0 Å². The number of benzene rings is 1. The molecule has 5 heteroatoms. The number of aryl methyl sites for hydroxylation is 2. The molecule has 1 aromatic carbocycles. The van der Waals surface area contributed by atoms with Gasteiger partial charge in [0.25, 0.3) is 0 Å². The molecule has 2 aromatic rings. The zero-order valence-corrected chi connectivity index (χ0v) is 11.0. The average molecular weight is 264 g/mol. The van der Waals surface area contributed by atoms with E-state index < -0.39 is 0 Å². The van der Waals surface area contributed by atoms with Crippen LogP contribution >= 0.6 is 23.1 Å². The first-order valence-electron chi connectivity index (χ1n) is 5.02. The highest BCUT2D eigenvalue weighted by Crippen LogP contribution is 2.32. The van der Waals surface area contributed by atoms with E-state index in [0.29, 0.717) is 10.6 Å². The monoisotopic (exact) mass is 263 g/mol. The molecule has 0 bridgehead atoms. The van der Waals surface area contributed by atoms with Gasteiger partial charge in [-0.3, -0.25) is 0 Å². The van der Waals surface area contributed by atoms with Crippen LogP contribution in [0.1, 0.15) is 16.8 Å². The Kier molecular flexibility index (Phi) is 3.32. The maximum atomic E-state index is 9.03. The summed E-state index contributed by atoms with van der Waals surface area (Å²) in [6, 6.07) is 7.88. The van der Waals surface area contributed by atoms with E-state index in [1.165, 1.54) is 11.5 Å². The topological polar surface area (TPSA) is 48.7 Å². The van der Waals surface area contributed by atoms with Crippen molar-refractivity contribution in [3.05, 3.63) is 40.0 Å². The van der Waals surface area contributed by atoms with Crippen LogP contribution in [0.5, 0.6) is 0 Å². The molecule has 0 unspecified atom stereocenters. The van der Waals surface area contributed by atoms with E-state index in [1.54, 1.807) is 0 Å². The summed E-state index contributed by atoms with van der Waals surface area (Å²) in [5.41, 5.74) is 3.11. The van der Waals surface area contributed by atoms with Gasteiger partial charge >= 0.3 is 0 Å². The minimum atomic E-state index is 0.576. The maximum Gasteiger partial charge on any atom is 0.132 e. The van der Waals surface area contributed by atoms with Crippen LogP contribution in [0.3, 0.4) is 0 Å². The van der Waals surface area contributed by atoms with Gasteiger partial charge in [0.2, 0.25) is 0 Å². The number of anilines is 2. The molecule has 0 aliphatic rings. The van der Waals surface area contributed by atoms with Crippen molar-refractivity contribution in [3.8, 4) is 6.07 Å². The summed E-state index contributed by atoms with van der Waals surface area (Å²) in [5, 5.41) is 13.6. The second-order valence-electron chi connectivity index (χ2n) is 3.65. The van der Waals surface area contributed by atoms with Crippen LogP contribution in [0.25, 0.3) is 0 Å². The van der Waals surface area contributed by atoms with Crippen LogP contribution in [-0.4, -0.2) is 4.37 Å². The van der Waals surface area contributed by atoms with Crippen LogP contribution < -0.4 is 5.32 Å². The molecule has 2 rings (SSSR count). The van der Waals surface area contributed by atoms with Crippen LogP contribution in [0.2, 0.25) is 5.02 Å². The molecule has 0 spiro atoms. The summed E-state index contributed by atoms with van der Waals surface area (Å²) >= 11 is 7.45. The van der Waals surface area contributed by atoms with E-state index in [1.807, 2.05) is 32.0 Å². The summed E-state index contributed by atoms with van der Waals surface area (Å²) in [7, 11) is 0. The normalized spacial score (nSPS) is 10.0. The zero-order valence-electron chi connectivity index (χ0n) is 9.41. The molecule has 0 aliphatic carbocycles. The van der Waals surface area contributed by atoms with E-state index in [2.05, 4.69) is 15.8 Å².